The summed E-state index contributed by atoms with van der Waals surface area (Å²) in [6.07, 6.45) is -3.09. The highest BCUT2D eigenvalue weighted by Gasteiger charge is 2.35. The number of nitrogens with zero attached hydrogens (tertiary/aromatic N) is 3. The average Bonchev–Trinajstić information content (AvgIpc) is 3.54. The molecule has 2 aromatic heterocycles. The van der Waals surface area contributed by atoms with Crippen molar-refractivity contribution in [3.63, 3.8) is 0 Å². The number of imidazole rings is 1. The molecule has 45 heavy (non-hydrogen) atoms. The molecule has 5 aromatic rings. The van der Waals surface area contributed by atoms with Crippen molar-refractivity contribution < 1.29 is 49.0 Å². The molecule has 0 bridgehead atoms. The topological polar surface area (TPSA) is 107 Å². The van der Waals surface area contributed by atoms with E-state index in [2.05, 4.69) is 14.7 Å². The van der Waals surface area contributed by atoms with E-state index in [0.29, 0.717) is 5.56 Å². The number of aromatic nitrogens is 3. The molecule has 0 aliphatic heterocycles. The molecule has 0 fully saturated rings. The van der Waals surface area contributed by atoms with Gasteiger partial charge in [-0.3, -0.25) is 0 Å². The zero-order valence-electron chi connectivity index (χ0n) is 23.7. The average molecular weight is 652 g/mol. The number of hydrogen-bond acceptors (Lipinski definition) is 7. The van der Waals surface area contributed by atoms with Gasteiger partial charge in [0.2, 0.25) is 0 Å². The van der Waals surface area contributed by atoms with Gasteiger partial charge in [0.1, 0.15) is 23.1 Å². The highest BCUT2D eigenvalue weighted by Crippen LogP contribution is 2.40. The van der Waals surface area contributed by atoms with Crippen LogP contribution in [-0.2, 0) is 22.6 Å². The largest absolute Gasteiger partial charge is 0.440 e. The van der Waals surface area contributed by atoms with Crippen LogP contribution < -0.4 is 4.74 Å². The van der Waals surface area contributed by atoms with Crippen molar-refractivity contribution in [2.45, 2.75) is 38.1 Å². The Hall–Kier alpha value is -4.63. The quantitative estimate of drug-likeness (QED) is 0.178. The van der Waals surface area contributed by atoms with Gasteiger partial charge in [0.25, 0.3) is 0 Å². The van der Waals surface area contributed by atoms with Crippen LogP contribution in [0, 0.1) is 19.7 Å². The number of sulfone groups is 1. The van der Waals surface area contributed by atoms with Crippen molar-refractivity contribution in [3.05, 3.63) is 89.6 Å². The van der Waals surface area contributed by atoms with E-state index in [1.54, 1.807) is 0 Å². The van der Waals surface area contributed by atoms with Gasteiger partial charge < -0.3 is 18.8 Å². The first-order valence-electron chi connectivity index (χ1n) is 13.0. The van der Waals surface area contributed by atoms with Gasteiger partial charge in [-0.1, -0.05) is 6.07 Å². The van der Waals surface area contributed by atoms with Crippen LogP contribution in [0.25, 0.3) is 39.4 Å². The van der Waals surface area contributed by atoms with Gasteiger partial charge in [-0.15, -0.1) is 0 Å². The van der Waals surface area contributed by atoms with Crippen molar-refractivity contribution in [1.29, 1.82) is 0 Å². The van der Waals surface area contributed by atoms with E-state index in [9.17, 15) is 35.5 Å². The Bertz CT molecular complexity index is 2000. The Kier molecular flexibility index (Phi) is 8.27. The van der Waals surface area contributed by atoms with Crippen LogP contribution in [0.5, 0.6) is 5.75 Å². The number of alkyl halides is 5. The number of halogens is 6. The number of benzene rings is 3. The number of hydrogen-bond donors (Lipinski definition) is 1. The van der Waals surface area contributed by atoms with Gasteiger partial charge in [0.05, 0.1) is 17.2 Å². The van der Waals surface area contributed by atoms with E-state index in [-0.39, 0.29) is 51.3 Å². The van der Waals surface area contributed by atoms with E-state index in [4.69, 9.17) is 4.42 Å². The number of ether oxygens (including phenoxy) is 1. The summed E-state index contributed by atoms with van der Waals surface area (Å²) in [5.41, 5.74) is -0.379. The lowest BCUT2D eigenvalue weighted by Gasteiger charge is -2.15. The number of aryl methyl sites for hydroxylation is 2. The first kappa shape index (κ1) is 31.8. The Morgan fingerprint density at radius 1 is 0.978 bits per heavy atom. The highest BCUT2D eigenvalue weighted by atomic mass is 32.2. The van der Waals surface area contributed by atoms with Gasteiger partial charge >= 0.3 is 12.8 Å². The molecule has 0 aliphatic rings. The Morgan fingerprint density at radius 2 is 1.64 bits per heavy atom. The van der Waals surface area contributed by atoms with Crippen molar-refractivity contribution in [3.8, 4) is 45.1 Å². The van der Waals surface area contributed by atoms with Crippen molar-refractivity contribution in [2.24, 2.45) is 0 Å². The van der Waals surface area contributed by atoms with Gasteiger partial charge in [-0.05, 0) is 66.6 Å². The van der Waals surface area contributed by atoms with E-state index in [0.717, 1.165) is 18.5 Å². The van der Waals surface area contributed by atoms with Crippen molar-refractivity contribution in [2.75, 3.05) is 6.26 Å². The predicted octanol–water partition coefficient (Wildman–Crippen LogP) is 7.13. The van der Waals surface area contributed by atoms with Gasteiger partial charge in [-0.25, -0.2) is 22.8 Å². The molecule has 5 rings (SSSR count). The monoisotopic (exact) mass is 651 g/mol. The molecule has 0 aliphatic carbocycles. The van der Waals surface area contributed by atoms with Crippen LogP contribution in [0.4, 0.5) is 26.3 Å². The van der Waals surface area contributed by atoms with E-state index in [1.165, 1.54) is 66.9 Å². The molecule has 0 saturated carbocycles. The minimum atomic E-state index is -4.75. The molecular formula is C30H23F6N3O5S. The number of oxazole rings is 1. The minimum Gasteiger partial charge on any atom is -0.440 e. The third-order valence-electron chi connectivity index (χ3n) is 6.81. The van der Waals surface area contributed by atoms with Crippen molar-refractivity contribution >= 4 is 9.84 Å². The molecular weight excluding hydrogens is 628 g/mol. The fourth-order valence-electron chi connectivity index (χ4n) is 4.82. The molecule has 0 radical (unpaired) electrons. The van der Waals surface area contributed by atoms with Gasteiger partial charge in [0.15, 0.2) is 27.2 Å². The summed E-state index contributed by atoms with van der Waals surface area (Å²) >= 11 is 0. The lowest BCUT2D eigenvalue weighted by atomic mass is 9.97. The molecule has 8 nitrogen and oxygen atoms in total. The lowest BCUT2D eigenvalue weighted by molar-refractivity contribution is -0.141. The normalized spacial score (nSPS) is 12.2. The number of aliphatic hydroxyl groups excluding tert-OH is 1. The van der Waals surface area contributed by atoms with E-state index in [1.807, 2.05) is 0 Å². The second kappa shape index (κ2) is 11.7. The Morgan fingerprint density at radius 3 is 2.22 bits per heavy atom. The van der Waals surface area contributed by atoms with E-state index < -0.39 is 51.2 Å². The molecule has 0 saturated heterocycles. The third-order valence-corrected chi connectivity index (χ3v) is 7.97. The highest BCUT2D eigenvalue weighted by molar-refractivity contribution is 7.90. The van der Waals surface area contributed by atoms with Crippen molar-refractivity contribution in [1.82, 2.24) is 14.5 Å². The fraction of sp³-hybridized carbons (Fsp3) is 0.200. The summed E-state index contributed by atoms with van der Waals surface area (Å²) in [6.45, 7) is -1.03. The zero-order chi connectivity index (χ0) is 32.8. The maximum atomic E-state index is 15.0. The number of aliphatic hydroxyl groups is 1. The molecule has 1 N–H and O–H groups in total. The molecule has 0 spiro atoms. The summed E-state index contributed by atoms with van der Waals surface area (Å²) in [5.74, 6) is -0.852. The first-order valence-corrected chi connectivity index (χ1v) is 14.9. The minimum absolute atomic E-state index is 0.0238. The maximum absolute atomic E-state index is 15.0. The first-order chi connectivity index (χ1) is 21.1. The van der Waals surface area contributed by atoms with Crippen LogP contribution in [0.1, 0.15) is 23.0 Å². The summed E-state index contributed by atoms with van der Waals surface area (Å²) in [7, 11) is -3.98. The number of rotatable bonds is 8. The zero-order valence-corrected chi connectivity index (χ0v) is 24.5. The summed E-state index contributed by atoms with van der Waals surface area (Å²) in [4.78, 5) is 7.66. The SMILES string of the molecule is Cc1nc(-c2cc(-c3cc(F)c(CO)c(S(C)(=O)=O)c3)ccc2-n2cc(C(F)(F)F)nc2C)c(-c2ccc(OC(F)F)cc2)o1. The smallest absolute Gasteiger partial charge is 0.434 e. The van der Waals surface area contributed by atoms with E-state index >= 15 is 4.39 Å². The summed E-state index contributed by atoms with van der Waals surface area (Å²) in [5, 5.41) is 9.61. The van der Waals surface area contributed by atoms with Crippen LogP contribution in [0.15, 0.2) is 70.1 Å². The van der Waals surface area contributed by atoms with Crippen LogP contribution in [0.3, 0.4) is 0 Å². The second-order valence-electron chi connectivity index (χ2n) is 9.95. The van der Waals surface area contributed by atoms with Crippen LogP contribution in [0.2, 0.25) is 0 Å². The molecule has 3 aromatic carbocycles. The molecule has 0 amide bonds. The standard InChI is InChI=1S/C30H23F6N3O5S/c1-15-37-26(30(34,35)36)13-39(15)24-9-6-18(19-11-23(31)22(14-40)25(12-19)45(3,41)42)10-21(24)27-28(43-16(2)38-27)17-4-7-20(8-5-17)44-29(32)33/h4-13,29,40H,14H2,1-3H3. The Labute approximate surface area is 252 Å². The van der Waals surface area contributed by atoms with Gasteiger partial charge in [-0.2, -0.15) is 22.0 Å². The van der Waals surface area contributed by atoms with Crippen LogP contribution >= 0.6 is 0 Å². The summed E-state index contributed by atoms with van der Waals surface area (Å²) < 4.78 is 117. The molecule has 0 atom stereocenters. The van der Waals surface area contributed by atoms with Gasteiger partial charge in [0, 0.05) is 36.1 Å². The van der Waals surface area contributed by atoms with Crippen LogP contribution in [-0.4, -0.2) is 40.9 Å². The fourth-order valence-corrected chi connectivity index (χ4v) is 5.77. The third kappa shape index (κ3) is 6.44. The predicted molar refractivity (Wildman–Crippen MR) is 150 cm³/mol. The molecule has 2 heterocycles. The molecule has 15 heteroatoms. The Balaban J connectivity index is 1.76. The second-order valence-corrected chi connectivity index (χ2v) is 11.9. The maximum Gasteiger partial charge on any atom is 0.434 e. The summed E-state index contributed by atoms with van der Waals surface area (Å²) in [6, 6.07) is 12.0. The lowest BCUT2D eigenvalue weighted by Crippen LogP contribution is -2.06. The molecule has 0 unspecified atom stereocenters. The molecule has 236 valence electrons.